The van der Waals surface area contributed by atoms with E-state index in [0.29, 0.717) is 17.7 Å². The number of hydrogen-bond acceptors (Lipinski definition) is 3. The van der Waals surface area contributed by atoms with E-state index in [2.05, 4.69) is 21.2 Å². The molecule has 18 heavy (non-hydrogen) atoms. The van der Waals surface area contributed by atoms with Gasteiger partial charge in [0.15, 0.2) is 0 Å². The van der Waals surface area contributed by atoms with Crippen LogP contribution in [0.1, 0.15) is 16.8 Å². The van der Waals surface area contributed by atoms with Gasteiger partial charge in [-0.1, -0.05) is 22.0 Å². The molecule has 0 radical (unpaired) electrons. The number of halogens is 1. The fraction of sp³-hybridized carbons (Fsp3) is 0.333. The highest BCUT2D eigenvalue weighted by Crippen LogP contribution is 2.12. The number of amides is 1. The van der Waals surface area contributed by atoms with Crippen LogP contribution in [0.15, 0.2) is 28.7 Å². The van der Waals surface area contributed by atoms with Crippen molar-refractivity contribution < 1.29 is 14.7 Å². The number of nitrogens with one attached hydrogen (secondary N) is 1. The molecule has 1 rings (SSSR count). The lowest BCUT2D eigenvalue weighted by Gasteiger charge is -2.14. The third-order valence-electron chi connectivity index (χ3n) is 2.30. The Labute approximate surface area is 118 Å². The van der Waals surface area contributed by atoms with Gasteiger partial charge in [0.1, 0.15) is 6.04 Å². The van der Waals surface area contributed by atoms with Gasteiger partial charge in [-0.15, -0.1) is 0 Å². The Morgan fingerprint density at radius 1 is 1.50 bits per heavy atom. The number of carboxylic acids is 1. The van der Waals surface area contributed by atoms with Gasteiger partial charge < -0.3 is 10.4 Å². The van der Waals surface area contributed by atoms with Gasteiger partial charge in [0.05, 0.1) is 0 Å². The van der Waals surface area contributed by atoms with Crippen LogP contribution in [0.4, 0.5) is 0 Å². The minimum atomic E-state index is -1.01. The number of rotatable bonds is 6. The van der Waals surface area contributed by atoms with Crippen LogP contribution in [0.3, 0.4) is 0 Å². The van der Waals surface area contributed by atoms with Gasteiger partial charge in [0.2, 0.25) is 0 Å². The van der Waals surface area contributed by atoms with Crippen LogP contribution in [0.5, 0.6) is 0 Å². The van der Waals surface area contributed by atoms with E-state index in [1.807, 2.05) is 6.26 Å². The maximum Gasteiger partial charge on any atom is 0.326 e. The zero-order valence-corrected chi connectivity index (χ0v) is 12.3. The highest BCUT2D eigenvalue weighted by Gasteiger charge is 2.20. The largest absolute Gasteiger partial charge is 0.480 e. The number of carbonyl (C=O) groups is 2. The summed E-state index contributed by atoms with van der Waals surface area (Å²) in [5.41, 5.74) is 0.444. The Balaban J connectivity index is 2.69. The summed E-state index contributed by atoms with van der Waals surface area (Å²) in [4.78, 5) is 22.9. The van der Waals surface area contributed by atoms with Gasteiger partial charge in [-0.05, 0) is 36.6 Å². The zero-order valence-electron chi connectivity index (χ0n) is 9.85. The second-order valence-electron chi connectivity index (χ2n) is 3.66. The summed E-state index contributed by atoms with van der Waals surface area (Å²) in [7, 11) is 0. The summed E-state index contributed by atoms with van der Waals surface area (Å²) < 4.78 is 0.783. The Bertz CT molecular complexity index is 439. The lowest BCUT2D eigenvalue weighted by molar-refractivity contribution is -0.139. The van der Waals surface area contributed by atoms with E-state index in [0.717, 1.165) is 4.47 Å². The minimum absolute atomic E-state index is 0.371. The van der Waals surface area contributed by atoms with Gasteiger partial charge in [0, 0.05) is 10.0 Å². The molecule has 6 heteroatoms. The molecule has 1 aromatic rings. The lowest BCUT2D eigenvalue weighted by atomic mass is 10.1. The summed E-state index contributed by atoms with van der Waals surface area (Å²) in [6, 6.07) is 6.00. The minimum Gasteiger partial charge on any atom is -0.480 e. The Morgan fingerprint density at radius 2 is 2.22 bits per heavy atom. The fourth-order valence-electron chi connectivity index (χ4n) is 1.36. The first-order valence-electron chi connectivity index (χ1n) is 5.32. The van der Waals surface area contributed by atoms with Crippen LogP contribution in [-0.2, 0) is 4.79 Å². The first-order chi connectivity index (χ1) is 8.54. The van der Waals surface area contributed by atoms with E-state index < -0.39 is 12.0 Å². The molecule has 98 valence electrons. The van der Waals surface area contributed by atoms with Crippen LogP contribution in [0, 0.1) is 0 Å². The van der Waals surface area contributed by atoms with Crippen molar-refractivity contribution >= 4 is 39.6 Å². The summed E-state index contributed by atoms with van der Waals surface area (Å²) in [6.07, 6.45) is 2.31. The molecule has 0 fully saturated rings. The van der Waals surface area contributed by atoms with E-state index in [-0.39, 0.29) is 5.91 Å². The highest BCUT2D eigenvalue weighted by atomic mass is 79.9. The molecule has 0 heterocycles. The van der Waals surface area contributed by atoms with Gasteiger partial charge in [0.25, 0.3) is 5.91 Å². The number of aliphatic carboxylic acids is 1. The first-order valence-corrected chi connectivity index (χ1v) is 7.51. The molecule has 0 spiro atoms. The van der Waals surface area contributed by atoms with Gasteiger partial charge in [-0.25, -0.2) is 4.79 Å². The molecule has 0 aromatic heterocycles. The predicted molar refractivity (Wildman–Crippen MR) is 76.0 cm³/mol. The number of carbonyl (C=O) groups excluding carboxylic acids is 1. The molecule has 0 aliphatic carbocycles. The maximum absolute atomic E-state index is 11.9. The molecule has 0 aliphatic heterocycles. The van der Waals surface area contributed by atoms with Crippen molar-refractivity contribution in [1.82, 2.24) is 5.32 Å². The summed E-state index contributed by atoms with van der Waals surface area (Å²) in [5, 5.41) is 11.5. The second kappa shape index (κ2) is 7.43. The average molecular weight is 332 g/mol. The SMILES string of the molecule is CSCC[C@H](NC(=O)c1cccc(Br)c1)C(=O)O. The summed E-state index contributed by atoms with van der Waals surface area (Å²) in [5.74, 6) is -0.687. The van der Waals surface area contributed by atoms with E-state index >= 15 is 0 Å². The summed E-state index contributed by atoms with van der Waals surface area (Å²) >= 11 is 4.82. The predicted octanol–water partition coefficient (Wildman–Crippen LogP) is 2.39. The summed E-state index contributed by atoms with van der Waals surface area (Å²) in [6.45, 7) is 0. The molecule has 0 aliphatic rings. The molecule has 1 amide bonds. The standard InChI is InChI=1S/C12H14BrNO3S/c1-18-6-5-10(12(16)17)14-11(15)8-3-2-4-9(13)7-8/h2-4,7,10H,5-6H2,1H3,(H,14,15)(H,16,17)/t10-/m0/s1. The second-order valence-corrected chi connectivity index (χ2v) is 5.56. The van der Waals surface area contributed by atoms with E-state index in [4.69, 9.17) is 5.11 Å². The maximum atomic E-state index is 11.9. The smallest absolute Gasteiger partial charge is 0.326 e. The topological polar surface area (TPSA) is 66.4 Å². The fourth-order valence-corrected chi connectivity index (χ4v) is 2.24. The van der Waals surface area contributed by atoms with Crippen molar-refractivity contribution in [1.29, 1.82) is 0 Å². The van der Waals surface area contributed by atoms with Gasteiger partial charge in [-0.3, -0.25) is 4.79 Å². The third kappa shape index (κ3) is 4.70. The first kappa shape index (κ1) is 15.0. The Morgan fingerprint density at radius 3 is 2.78 bits per heavy atom. The Kier molecular flexibility index (Phi) is 6.21. The highest BCUT2D eigenvalue weighted by molar-refractivity contribution is 9.10. The van der Waals surface area contributed by atoms with E-state index in [1.165, 1.54) is 0 Å². The van der Waals surface area contributed by atoms with Crippen LogP contribution >= 0.6 is 27.7 Å². The van der Waals surface area contributed by atoms with Crippen molar-refractivity contribution in [3.8, 4) is 0 Å². The number of hydrogen-bond donors (Lipinski definition) is 2. The molecule has 0 unspecified atom stereocenters. The average Bonchev–Trinajstić information content (AvgIpc) is 2.33. The third-order valence-corrected chi connectivity index (χ3v) is 3.44. The van der Waals surface area contributed by atoms with Crippen LogP contribution in [0.25, 0.3) is 0 Å². The van der Waals surface area contributed by atoms with Crippen molar-refractivity contribution in [3.63, 3.8) is 0 Å². The molecule has 0 bridgehead atoms. The number of thioether (sulfide) groups is 1. The normalized spacial score (nSPS) is 11.9. The zero-order chi connectivity index (χ0) is 13.5. The van der Waals surface area contributed by atoms with Crippen LogP contribution in [-0.4, -0.2) is 35.0 Å². The molecule has 0 saturated heterocycles. The molecular weight excluding hydrogens is 318 g/mol. The van der Waals surface area contributed by atoms with Gasteiger partial charge in [-0.2, -0.15) is 11.8 Å². The Hall–Kier alpha value is -1.01. The lowest BCUT2D eigenvalue weighted by Crippen LogP contribution is -2.41. The van der Waals surface area contributed by atoms with Crippen molar-refractivity contribution in [2.45, 2.75) is 12.5 Å². The monoisotopic (exact) mass is 331 g/mol. The molecule has 2 N–H and O–H groups in total. The molecule has 0 saturated carbocycles. The van der Waals surface area contributed by atoms with Crippen molar-refractivity contribution in [2.24, 2.45) is 0 Å². The quantitative estimate of drug-likeness (QED) is 0.839. The molecule has 4 nitrogen and oxygen atoms in total. The van der Waals surface area contributed by atoms with Crippen molar-refractivity contribution in [2.75, 3.05) is 12.0 Å². The van der Waals surface area contributed by atoms with Crippen molar-refractivity contribution in [3.05, 3.63) is 34.3 Å². The van der Waals surface area contributed by atoms with Crippen LogP contribution in [0.2, 0.25) is 0 Å². The molecular formula is C12H14BrNO3S. The van der Waals surface area contributed by atoms with Crippen LogP contribution < -0.4 is 5.32 Å². The van der Waals surface area contributed by atoms with E-state index in [9.17, 15) is 9.59 Å². The molecule has 1 aromatic carbocycles. The molecule has 1 atom stereocenters. The number of carboxylic acid groups (broad SMARTS) is 1. The number of benzene rings is 1. The van der Waals surface area contributed by atoms with E-state index in [1.54, 1.807) is 36.0 Å². The van der Waals surface area contributed by atoms with Gasteiger partial charge >= 0.3 is 5.97 Å².